The number of anilines is 1. The van der Waals surface area contributed by atoms with Gasteiger partial charge in [-0.3, -0.25) is 9.59 Å². The molecular formula is C28H30N2O4S. The molecule has 2 N–H and O–H groups in total. The van der Waals surface area contributed by atoms with Crippen LogP contribution in [0.4, 0.5) is 5.69 Å². The average Bonchev–Trinajstić information content (AvgIpc) is 2.87. The molecule has 0 heterocycles. The summed E-state index contributed by atoms with van der Waals surface area (Å²) >= 11 is 5.22. The predicted molar refractivity (Wildman–Crippen MR) is 141 cm³/mol. The van der Waals surface area contributed by atoms with Gasteiger partial charge in [0.25, 0.3) is 0 Å². The van der Waals surface area contributed by atoms with Gasteiger partial charge in [-0.25, -0.2) is 0 Å². The Morgan fingerprint density at radius 3 is 2.17 bits per heavy atom. The molecule has 0 aliphatic rings. The molecule has 0 aliphatic carbocycles. The summed E-state index contributed by atoms with van der Waals surface area (Å²) in [6.07, 6.45) is 2.50. The molecule has 3 rings (SSSR count). The second-order valence-electron chi connectivity index (χ2n) is 7.92. The molecule has 0 saturated carbocycles. The van der Waals surface area contributed by atoms with Crippen LogP contribution >= 0.6 is 12.2 Å². The van der Waals surface area contributed by atoms with Crippen LogP contribution in [-0.2, 0) is 27.2 Å². The summed E-state index contributed by atoms with van der Waals surface area (Å²) in [5.41, 5.74) is 3.08. The lowest BCUT2D eigenvalue weighted by molar-refractivity contribution is -0.144. The molecule has 3 aromatic carbocycles. The van der Waals surface area contributed by atoms with Gasteiger partial charge in [-0.05, 0) is 48.3 Å². The van der Waals surface area contributed by atoms with E-state index in [2.05, 4.69) is 22.8 Å². The molecule has 0 aliphatic heterocycles. The van der Waals surface area contributed by atoms with Crippen LogP contribution in [-0.4, -0.2) is 30.2 Å². The number of thiocarbonyl (C=S) groups is 1. The van der Waals surface area contributed by atoms with Crippen LogP contribution in [0.15, 0.2) is 84.9 Å². The molecule has 182 valence electrons. The van der Waals surface area contributed by atoms with Crippen LogP contribution < -0.4 is 15.4 Å². The van der Waals surface area contributed by atoms with E-state index in [0.717, 1.165) is 24.2 Å². The van der Waals surface area contributed by atoms with Gasteiger partial charge in [0.1, 0.15) is 5.75 Å². The van der Waals surface area contributed by atoms with Gasteiger partial charge in [0.2, 0.25) is 5.91 Å². The van der Waals surface area contributed by atoms with Crippen molar-refractivity contribution in [3.05, 3.63) is 96.1 Å². The first-order valence-electron chi connectivity index (χ1n) is 11.7. The van der Waals surface area contributed by atoms with Crippen molar-refractivity contribution in [3.8, 4) is 5.75 Å². The molecule has 0 unspecified atom stereocenters. The highest BCUT2D eigenvalue weighted by Gasteiger charge is 2.10. The maximum Gasteiger partial charge on any atom is 0.306 e. The molecule has 0 atom stereocenters. The van der Waals surface area contributed by atoms with Gasteiger partial charge >= 0.3 is 5.97 Å². The molecule has 35 heavy (non-hydrogen) atoms. The van der Waals surface area contributed by atoms with Crippen LogP contribution in [0.25, 0.3) is 0 Å². The number of carbonyl (C=O) groups is 2. The highest BCUT2D eigenvalue weighted by Crippen LogP contribution is 2.18. The molecule has 0 spiro atoms. The number of benzene rings is 3. The molecule has 0 radical (unpaired) electrons. The van der Waals surface area contributed by atoms with Crippen molar-refractivity contribution in [2.24, 2.45) is 0 Å². The van der Waals surface area contributed by atoms with Gasteiger partial charge < -0.3 is 20.1 Å². The molecule has 0 fully saturated rings. The minimum Gasteiger partial charge on any atom is -0.494 e. The smallest absolute Gasteiger partial charge is 0.306 e. The van der Waals surface area contributed by atoms with E-state index in [1.54, 1.807) is 0 Å². The molecule has 7 heteroatoms. The van der Waals surface area contributed by atoms with E-state index in [9.17, 15) is 9.59 Å². The van der Waals surface area contributed by atoms with Crippen molar-refractivity contribution in [3.63, 3.8) is 0 Å². The first kappa shape index (κ1) is 25.9. The number of esters is 1. The summed E-state index contributed by atoms with van der Waals surface area (Å²) in [7, 11) is 0. The highest BCUT2D eigenvalue weighted by molar-refractivity contribution is 7.80. The normalized spacial score (nSPS) is 10.3. The fourth-order valence-corrected chi connectivity index (χ4v) is 3.57. The zero-order valence-electron chi connectivity index (χ0n) is 19.6. The van der Waals surface area contributed by atoms with Gasteiger partial charge in [0, 0.05) is 24.6 Å². The molecule has 0 bridgehead atoms. The minimum absolute atomic E-state index is 0.00342. The first-order valence-corrected chi connectivity index (χ1v) is 12.1. The third-order valence-electron chi connectivity index (χ3n) is 5.12. The lowest BCUT2D eigenvalue weighted by atomic mass is 10.1. The van der Waals surface area contributed by atoms with Crippen LogP contribution in [0.1, 0.15) is 30.4 Å². The number of hydrogen-bond acceptors (Lipinski definition) is 5. The second kappa shape index (κ2) is 14.5. The fourth-order valence-electron chi connectivity index (χ4n) is 3.34. The van der Waals surface area contributed by atoms with Crippen molar-refractivity contribution in [2.75, 3.05) is 18.5 Å². The van der Waals surface area contributed by atoms with Gasteiger partial charge in [-0.2, -0.15) is 0 Å². The Morgan fingerprint density at radius 2 is 1.46 bits per heavy atom. The molecule has 1 amide bonds. The summed E-state index contributed by atoms with van der Waals surface area (Å²) in [6.45, 7) is 0.885. The topological polar surface area (TPSA) is 76.7 Å². The van der Waals surface area contributed by atoms with Gasteiger partial charge in [0.15, 0.2) is 5.11 Å². The minimum atomic E-state index is -0.410. The molecule has 3 aromatic rings. The Bertz CT molecular complexity index is 1090. The molecule has 6 nitrogen and oxygen atoms in total. The summed E-state index contributed by atoms with van der Waals surface area (Å²) in [5, 5.41) is 5.72. The molecular weight excluding hydrogens is 460 g/mol. The van der Waals surface area contributed by atoms with Gasteiger partial charge in [-0.15, -0.1) is 0 Å². The maximum atomic E-state index is 12.1. The highest BCUT2D eigenvalue weighted by atomic mass is 32.1. The monoisotopic (exact) mass is 490 g/mol. The van der Waals surface area contributed by atoms with E-state index in [4.69, 9.17) is 21.7 Å². The maximum absolute atomic E-state index is 12.1. The van der Waals surface area contributed by atoms with Crippen LogP contribution in [0.5, 0.6) is 5.75 Å². The van der Waals surface area contributed by atoms with Crippen molar-refractivity contribution in [1.29, 1.82) is 0 Å². The molecule has 0 aromatic heterocycles. The lowest BCUT2D eigenvalue weighted by Gasteiger charge is -2.11. The van der Waals surface area contributed by atoms with Crippen molar-refractivity contribution >= 4 is 34.9 Å². The summed E-state index contributed by atoms with van der Waals surface area (Å²) in [5.74, 6) is -0.0432. The Labute approximate surface area is 211 Å². The number of ether oxygens (including phenoxy) is 2. The van der Waals surface area contributed by atoms with E-state index in [0.29, 0.717) is 18.7 Å². The molecule has 0 saturated heterocycles. The largest absolute Gasteiger partial charge is 0.494 e. The zero-order valence-corrected chi connectivity index (χ0v) is 20.4. The van der Waals surface area contributed by atoms with E-state index < -0.39 is 5.97 Å². The quantitative estimate of drug-likeness (QED) is 0.210. The number of rotatable bonds is 12. The Morgan fingerprint density at radius 1 is 0.771 bits per heavy atom. The number of carbonyl (C=O) groups excluding carboxylic acids is 2. The van der Waals surface area contributed by atoms with Crippen LogP contribution in [0, 0.1) is 0 Å². The summed E-state index contributed by atoms with van der Waals surface area (Å²) in [4.78, 5) is 24.0. The fraction of sp³-hybridized carbons (Fsp3) is 0.250. The number of hydrogen-bond donors (Lipinski definition) is 2. The van der Waals surface area contributed by atoms with Gasteiger partial charge in [0.05, 0.1) is 19.6 Å². The standard InChI is InChI=1S/C28H30N2O4S/c31-26(16-17-27(32)34-20-18-23-11-5-2-6-12-23)30-28(35)29-24-14-7-15-25(21-24)33-19-8-13-22-9-3-1-4-10-22/h1-7,9-12,14-15,21H,8,13,16-20H2,(H2,29,30,31,35). The van der Waals surface area contributed by atoms with E-state index in [1.807, 2.05) is 72.8 Å². The van der Waals surface area contributed by atoms with E-state index >= 15 is 0 Å². The third kappa shape index (κ3) is 10.4. The predicted octanol–water partition coefficient (Wildman–Crippen LogP) is 5.08. The number of amides is 1. The second-order valence-corrected chi connectivity index (χ2v) is 8.33. The number of aryl methyl sites for hydroxylation is 1. The van der Waals surface area contributed by atoms with E-state index in [1.165, 1.54) is 5.56 Å². The Hall–Kier alpha value is -3.71. The van der Waals surface area contributed by atoms with Crippen LogP contribution in [0.3, 0.4) is 0 Å². The van der Waals surface area contributed by atoms with E-state index in [-0.39, 0.29) is 30.5 Å². The van der Waals surface area contributed by atoms with Gasteiger partial charge in [-0.1, -0.05) is 66.7 Å². The summed E-state index contributed by atoms with van der Waals surface area (Å²) < 4.78 is 11.0. The first-order chi connectivity index (χ1) is 17.1. The van der Waals surface area contributed by atoms with Crippen molar-refractivity contribution in [1.82, 2.24) is 5.32 Å². The van der Waals surface area contributed by atoms with Crippen molar-refractivity contribution in [2.45, 2.75) is 32.1 Å². The third-order valence-corrected chi connectivity index (χ3v) is 5.32. The van der Waals surface area contributed by atoms with Crippen molar-refractivity contribution < 1.29 is 19.1 Å². The average molecular weight is 491 g/mol. The Balaban J connectivity index is 1.31. The zero-order chi connectivity index (χ0) is 24.7. The summed E-state index contributed by atoms with van der Waals surface area (Å²) in [6, 6.07) is 27.4. The Kier molecular flexibility index (Phi) is 10.8. The SMILES string of the molecule is O=C(CCC(=O)OCCc1ccccc1)NC(=S)Nc1cccc(OCCCc2ccccc2)c1. The van der Waals surface area contributed by atoms with Crippen LogP contribution in [0.2, 0.25) is 0 Å². The number of nitrogens with one attached hydrogen (secondary N) is 2. The lowest BCUT2D eigenvalue weighted by Crippen LogP contribution is -2.34.